The summed E-state index contributed by atoms with van der Waals surface area (Å²) in [6.45, 7) is 5.01. The van der Waals surface area contributed by atoms with Crippen molar-refractivity contribution >= 4 is 29.3 Å². The molecule has 5 rings (SSSR count). The lowest BCUT2D eigenvalue weighted by Gasteiger charge is -2.40. The van der Waals surface area contributed by atoms with E-state index in [-0.39, 0.29) is 54.3 Å². The topological polar surface area (TPSA) is 159 Å². The first-order valence-corrected chi connectivity index (χ1v) is 16.9. The highest BCUT2D eigenvalue weighted by Gasteiger charge is 2.38. The van der Waals surface area contributed by atoms with Gasteiger partial charge < -0.3 is 30.5 Å². The minimum Gasteiger partial charge on any atom is -0.375 e. The Hall–Kier alpha value is -4.31. The number of aromatic nitrogens is 2. The second-order valence-corrected chi connectivity index (χ2v) is 13.6. The molecule has 50 heavy (non-hydrogen) atoms. The Labute approximate surface area is 288 Å². The van der Waals surface area contributed by atoms with Crippen molar-refractivity contribution in [2.24, 2.45) is 5.92 Å². The molecule has 2 heterocycles. The fourth-order valence-electron chi connectivity index (χ4n) is 6.65. The van der Waals surface area contributed by atoms with Gasteiger partial charge in [0, 0.05) is 44.6 Å². The fourth-order valence-corrected chi connectivity index (χ4v) is 6.65. The van der Waals surface area contributed by atoms with Crippen LogP contribution in [-0.4, -0.2) is 102 Å². The largest absolute Gasteiger partial charge is 0.375 e. The SMILES string of the molecule is COCC(=O)N[C@@H](C(=O)N1CCN(C)[C@H](C)C1)[C@@H](C)c1ccc(NC(=O)C(NC(=O)c2nonc2C2CC2)C2CCCC(=C(F)F)C2)c(F)c1. The molecule has 1 aliphatic heterocycles. The highest BCUT2D eigenvalue weighted by Crippen LogP contribution is 2.40. The molecule has 0 spiro atoms. The molecular formula is C34H44F3N7O6. The van der Waals surface area contributed by atoms with Crippen molar-refractivity contribution in [3.63, 3.8) is 0 Å². The number of hydrogen-bond donors (Lipinski definition) is 3. The first-order valence-electron chi connectivity index (χ1n) is 16.9. The van der Waals surface area contributed by atoms with Gasteiger partial charge in [-0.3, -0.25) is 19.2 Å². The van der Waals surface area contributed by atoms with Crippen LogP contribution in [0.25, 0.3) is 0 Å². The van der Waals surface area contributed by atoms with Crippen molar-refractivity contribution in [3.05, 3.63) is 52.6 Å². The molecule has 2 saturated carbocycles. The van der Waals surface area contributed by atoms with E-state index in [1.807, 2.05) is 14.0 Å². The molecule has 4 amide bonds. The van der Waals surface area contributed by atoms with Crippen LogP contribution < -0.4 is 16.0 Å². The van der Waals surface area contributed by atoms with Crippen molar-refractivity contribution in [3.8, 4) is 0 Å². The van der Waals surface area contributed by atoms with E-state index in [0.29, 0.717) is 43.7 Å². The Morgan fingerprint density at radius 2 is 1.86 bits per heavy atom. The smallest absolute Gasteiger partial charge is 0.276 e. The second-order valence-electron chi connectivity index (χ2n) is 13.6. The Morgan fingerprint density at radius 1 is 1.10 bits per heavy atom. The van der Waals surface area contributed by atoms with E-state index in [1.165, 1.54) is 25.3 Å². The number of carbonyl (C=O) groups excluding carboxylic acids is 4. The molecule has 1 aromatic carbocycles. The standard InChI is InChI=1S/C34H44F3N7O6/c1-18-16-44(13-12-43(18)3)34(48)27(39-26(45)17-49-4)19(2)21-10-11-25(24(35)15-21)38-32(46)29(22-6-5-7-23(14-22)31(36)37)40-33(47)30-28(20-8-9-20)41-50-42-30/h10-11,15,18-20,22,27,29H,5-9,12-14,16-17H2,1-4H3,(H,38,46)(H,39,45)(H,40,47)/t18-,19+,22?,27-,29?/m1/s1. The van der Waals surface area contributed by atoms with Gasteiger partial charge in [-0.25, -0.2) is 9.02 Å². The van der Waals surface area contributed by atoms with Crippen molar-refractivity contribution in [1.82, 2.24) is 30.7 Å². The number of allylic oxidation sites excluding steroid dienone is 1. The fraction of sp³-hybridized carbons (Fsp3) is 0.588. The highest BCUT2D eigenvalue weighted by molar-refractivity contribution is 6.01. The summed E-state index contributed by atoms with van der Waals surface area (Å²) in [5.41, 5.74) is 0.372. The van der Waals surface area contributed by atoms with Crippen molar-refractivity contribution in [1.29, 1.82) is 0 Å². The van der Waals surface area contributed by atoms with E-state index in [0.717, 1.165) is 12.8 Å². The number of amides is 4. The average molecular weight is 704 g/mol. The van der Waals surface area contributed by atoms with E-state index >= 15 is 4.39 Å². The number of rotatable bonds is 12. The zero-order chi connectivity index (χ0) is 36.1. The Bertz CT molecular complexity index is 1610. The highest BCUT2D eigenvalue weighted by atomic mass is 19.3. The molecule has 0 bridgehead atoms. The van der Waals surface area contributed by atoms with Crippen LogP contribution in [-0.2, 0) is 19.1 Å². The molecule has 2 aromatic rings. The molecule has 5 atom stereocenters. The van der Waals surface area contributed by atoms with E-state index < -0.39 is 53.5 Å². The molecular weight excluding hydrogens is 659 g/mol. The normalized spacial score (nSPS) is 21.6. The number of nitrogens with one attached hydrogen (secondary N) is 3. The van der Waals surface area contributed by atoms with Crippen molar-refractivity contribution in [2.75, 3.05) is 45.7 Å². The van der Waals surface area contributed by atoms with Crippen molar-refractivity contribution < 1.29 is 41.7 Å². The number of likely N-dealkylation sites (N-methyl/N-ethyl adjacent to an activating group) is 1. The van der Waals surface area contributed by atoms with Crippen LogP contribution in [0.3, 0.4) is 0 Å². The van der Waals surface area contributed by atoms with Crippen LogP contribution in [0.15, 0.2) is 34.5 Å². The van der Waals surface area contributed by atoms with Gasteiger partial charge in [-0.05, 0) is 86.8 Å². The van der Waals surface area contributed by atoms with Gasteiger partial charge in [0.2, 0.25) is 17.7 Å². The molecule has 2 unspecified atom stereocenters. The molecule has 16 heteroatoms. The minimum atomic E-state index is -1.81. The predicted octanol–water partition coefficient (Wildman–Crippen LogP) is 3.56. The first kappa shape index (κ1) is 37.0. The predicted molar refractivity (Wildman–Crippen MR) is 175 cm³/mol. The number of benzene rings is 1. The number of piperazine rings is 1. The van der Waals surface area contributed by atoms with Gasteiger partial charge in [0.15, 0.2) is 5.69 Å². The number of nitrogens with zero attached hydrogens (tertiary/aromatic N) is 4. The van der Waals surface area contributed by atoms with Gasteiger partial charge in [0.1, 0.15) is 30.2 Å². The van der Waals surface area contributed by atoms with Crippen LogP contribution in [0, 0.1) is 11.7 Å². The quantitative estimate of drug-likeness (QED) is 0.301. The molecule has 0 radical (unpaired) electrons. The van der Waals surface area contributed by atoms with Gasteiger partial charge >= 0.3 is 0 Å². The minimum absolute atomic E-state index is 0.0161. The third kappa shape index (κ3) is 8.70. The number of ether oxygens (including phenoxy) is 1. The van der Waals surface area contributed by atoms with E-state index in [4.69, 9.17) is 9.37 Å². The third-order valence-corrected chi connectivity index (χ3v) is 9.97. The zero-order valence-electron chi connectivity index (χ0n) is 28.6. The summed E-state index contributed by atoms with van der Waals surface area (Å²) in [6.07, 6.45) is 0.608. The number of methoxy groups -OCH3 is 1. The summed E-state index contributed by atoms with van der Waals surface area (Å²) in [6, 6.07) is 1.81. The molecule has 3 aliphatic rings. The lowest BCUT2D eigenvalue weighted by atomic mass is 9.81. The van der Waals surface area contributed by atoms with Gasteiger partial charge in [0.25, 0.3) is 12.0 Å². The Balaban J connectivity index is 1.35. The maximum absolute atomic E-state index is 15.7. The molecule has 2 aliphatic carbocycles. The third-order valence-electron chi connectivity index (χ3n) is 9.97. The number of carbonyl (C=O) groups is 4. The van der Waals surface area contributed by atoms with Gasteiger partial charge in [0.05, 0.1) is 5.69 Å². The molecule has 3 N–H and O–H groups in total. The lowest BCUT2D eigenvalue weighted by molar-refractivity contribution is -0.140. The lowest BCUT2D eigenvalue weighted by Crippen LogP contribution is -2.58. The molecule has 3 fully saturated rings. The summed E-state index contributed by atoms with van der Waals surface area (Å²) >= 11 is 0. The van der Waals surface area contributed by atoms with Crippen LogP contribution in [0.5, 0.6) is 0 Å². The van der Waals surface area contributed by atoms with Gasteiger partial charge in [-0.1, -0.05) is 18.1 Å². The monoisotopic (exact) mass is 703 g/mol. The van der Waals surface area contributed by atoms with Crippen LogP contribution in [0.1, 0.15) is 86.0 Å². The number of hydrogen-bond acceptors (Lipinski definition) is 9. The summed E-state index contributed by atoms with van der Waals surface area (Å²) in [5, 5.41) is 15.4. The van der Waals surface area contributed by atoms with Gasteiger partial charge in [-0.15, -0.1) is 0 Å². The first-order chi connectivity index (χ1) is 23.9. The second kappa shape index (κ2) is 16.1. The molecule has 13 nitrogen and oxygen atoms in total. The Kier molecular flexibility index (Phi) is 11.9. The van der Waals surface area contributed by atoms with E-state index in [9.17, 15) is 28.0 Å². The van der Waals surface area contributed by atoms with E-state index in [2.05, 4.69) is 31.2 Å². The van der Waals surface area contributed by atoms with Crippen LogP contribution in [0.4, 0.5) is 18.9 Å². The van der Waals surface area contributed by atoms with Crippen molar-refractivity contribution in [2.45, 2.75) is 82.3 Å². The average Bonchev–Trinajstić information content (AvgIpc) is 3.82. The maximum atomic E-state index is 15.7. The molecule has 1 aromatic heterocycles. The Morgan fingerprint density at radius 3 is 2.52 bits per heavy atom. The molecule has 272 valence electrons. The summed E-state index contributed by atoms with van der Waals surface area (Å²) < 4.78 is 52.7. The van der Waals surface area contributed by atoms with E-state index in [1.54, 1.807) is 11.8 Å². The van der Waals surface area contributed by atoms with Gasteiger partial charge in [-0.2, -0.15) is 8.78 Å². The van der Waals surface area contributed by atoms with Crippen LogP contribution in [0.2, 0.25) is 0 Å². The summed E-state index contributed by atoms with van der Waals surface area (Å²) in [7, 11) is 3.33. The summed E-state index contributed by atoms with van der Waals surface area (Å²) in [4.78, 5) is 57.1. The summed E-state index contributed by atoms with van der Waals surface area (Å²) in [5.74, 6) is -4.53. The van der Waals surface area contributed by atoms with Crippen LogP contribution >= 0.6 is 0 Å². The number of anilines is 1. The number of halogens is 3. The zero-order valence-corrected chi connectivity index (χ0v) is 28.6. The molecule has 1 saturated heterocycles. The maximum Gasteiger partial charge on any atom is 0.276 e.